The number of carbonyl (C=O) groups is 1. The Labute approximate surface area is 149 Å². The molecule has 0 atom stereocenters. The van der Waals surface area contributed by atoms with E-state index < -0.39 is 5.60 Å². The third kappa shape index (κ3) is 4.62. The average molecular weight is 341 g/mol. The first-order valence-electron chi connectivity index (χ1n) is 8.97. The zero-order chi connectivity index (χ0) is 17.9. The molecule has 1 aliphatic heterocycles. The van der Waals surface area contributed by atoms with Crippen LogP contribution in [0.25, 0.3) is 10.8 Å². The van der Waals surface area contributed by atoms with E-state index in [1.807, 2.05) is 44.1 Å². The second-order valence-electron chi connectivity index (χ2n) is 7.69. The molecule has 1 aliphatic rings. The van der Waals surface area contributed by atoms with Gasteiger partial charge >= 0.3 is 6.09 Å². The topological polar surface area (TPSA) is 54.5 Å². The molecule has 1 amide bonds. The Morgan fingerprint density at radius 3 is 2.76 bits per heavy atom. The van der Waals surface area contributed by atoms with Gasteiger partial charge in [-0.25, -0.2) is 4.79 Å². The lowest BCUT2D eigenvalue weighted by Crippen LogP contribution is -2.42. The maximum absolute atomic E-state index is 12.1. The van der Waals surface area contributed by atoms with Gasteiger partial charge in [-0.15, -0.1) is 0 Å². The van der Waals surface area contributed by atoms with Crippen molar-refractivity contribution in [2.24, 2.45) is 5.92 Å². The third-order valence-electron chi connectivity index (χ3n) is 4.53. The fourth-order valence-corrected chi connectivity index (χ4v) is 3.18. The van der Waals surface area contributed by atoms with E-state index in [4.69, 9.17) is 4.74 Å². The standard InChI is InChI=1S/C20H27N3O2/c1-20(2,3)25-19(24)23-11-8-15(9-12-23)13-22-18-6-4-5-16-14-21-10-7-17(16)18/h4-7,10,14-15,22H,8-9,11-13H2,1-3H3. The Balaban J connectivity index is 1.52. The minimum atomic E-state index is -0.432. The Kier molecular flexibility index (Phi) is 5.11. The smallest absolute Gasteiger partial charge is 0.410 e. The number of likely N-dealkylation sites (tertiary alicyclic amines) is 1. The van der Waals surface area contributed by atoms with Gasteiger partial charge in [0.25, 0.3) is 0 Å². The molecule has 25 heavy (non-hydrogen) atoms. The second-order valence-corrected chi connectivity index (χ2v) is 7.69. The predicted octanol–water partition coefficient (Wildman–Crippen LogP) is 4.29. The molecule has 134 valence electrons. The summed E-state index contributed by atoms with van der Waals surface area (Å²) in [5, 5.41) is 5.92. The van der Waals surface area contributed by atoms with Crippen LogP contribution in [0.5, 0.6) is 0 Å². The highest BCUT2D eigenvalue weighted by Crippen LogP contribution is 2.24. The number of pyridine rings is 1. The Bertz CT molecular complexity index is 726. The summed E-state index contributed by atoms with van der Waals surface area (Å²) in [6.07, 6.45) is 5.52. The van der Waals surface area contributed by atoms with Crippen LogP contribution in [0.3, 0.4) is 0 Å². The Morgan fingerprint density at radius 2 is 2.04 bits per heavy atom. The lowest BCUT2D eigenvalue weighted by atomic mass is 9.97. The molecule has 0 saturated carbocycles. The molecule has 2 heterocycles. The van der Waals surface area contributed by atoms with Crippen LogP contribution in [0, 0.1) is 5.92 Å². The number of fused-ring (bicyclic) bond motifs is 1. The molecular formula is C20H27N3O2. The molecule has 0 bridgehead atoms. The number of nitrogens with zero attached hydrogens (tertiary/aromatic N) is 2. The number of benzene rings is 1. The van der Waals surface area contributed by atoms with Crippen molar-refractivity contribution in [2.75, 3.05) is 25.0 Å². The molecule has 5 nitrogen and oxygen atoms in total. The molecule has 1 aromatic heterocycles. The number of amides is 1. The zero-order valence-electron chi connectivity index (χ0n) is 15.3. The van der Waals surface area contributed by atoms with E-state index in [-0.39, 0.29) is 6.09 Å². The number of rotatable bonds is 3. The molecule has 0 spiro atoms. The van der Waals surface area contributed by atoms with E-state index in [0.717, 1.165) is 43.5 Å². The Morgan fingerprint density at radius 1 is 1.28 bits per heavy atom. The van der Waals surface area contributed by atoms with Crippen LogP contribution in [0.2, 0.25) is 0 Å². The summed E-state index contributed by atoms with van der Waals surface area (Å²) in [6, 6.07) is 8.28. The van der Waals surface area contributed by atoms with Crippen molar-refractivity contribution in [2.45, 2.75) is 39.2 Å². The Hall–Kier alpha value is -2.30. The van der Waals surface area contributed by atoms with Gasteiger partial charge in [0, 0.05) is 48.5 Å². The van der Waals surface area contributed by atoms with Crippen molar-refractivity contribution in [1.82, 2.24) is 9.88 Å². The highest BCUT2D eigenvalue weighted by atomic mass is 16.6. The van der Waals surface area contributed by atoms with Crippen molar-refractivity contribution < 1.29 is 9.53 Å². The molecule has 1 N–H and O–H groups in total. The van der Waals surface area contributed by atoms with Crippen LogP contribution in [0.4, 0.5) is 10.5 Å². The number of ether oxygens (including phenoxy) is 1. The molecule has 2 aromatic rings. The number of hydrogen-bond donors (Lipinski definition) is 1. The second kappa shape index (κ2) is 7.30. The van der Waals surface area contributed by atoms with Crippen LogP contribution in [0.15, 0.2) is 36.7 Å². The molecule has 1 saturated heterocycles. The minimum Gasteiger partial charge on any atom is -0.444 e. The fraction of sp³-hybridized carbons (Fsp3) is 0.500. The van der Waals surface area contributed by atoms with Gasteiger partial charge in [0.2, 0.25) is 0 Å². The molecule has 1 fully saturated rings. The summed E-state index contributed by atoms with van der Waals surface area (Å²) in [5.74, 6) is 0.566. The fourth-order valence-electron chi connectivity index (χ4n) is 3.18. The van der Waals surface area contributed by atoms with Crippen LogP contribution in [-0.2, 0) is 4.74 Å². The van der Waals surface area contributed by atoms with Gasteiger partial charge in [0.1, 0.15) is 5.60 Å². The SMILES string of the molecule is CC(C)(C)OC(=O)N1CCC(CNc2cccc3cnccc23)CC1. The monoisotopic (exact) mass is 341 g/mol. The molecule has 3 rings (SSSR count). The normalized spacial score (nSPS) is 16.0. The molecule has 5 heteroatoms. The van der Waals surface area contributed by atoms with E-state index >= 15 is 0 Å². The molecule has 0 unspecified atom stereocenters. The van der Waals surface area contributed by atoms with E-state index in [9.17, 15) is 4.79 Å². The van der Waals surface area contributed by atoms with Gasteiger partial charge in [-0.05, 0) is 51.7 Å². The van der Waals surface area contributed by atoms with Gasteiger partial charge < -0.3 is 15.0 Å². The highest BCUT2D eigenvalue weighted by molar-refractivity contribution is 5.93. The average Bonchev–Trinajstić information content (AvgIpc) is 2.59. The number of hydrogen-bond acceptors (Lipinski definition) is 4. The summed E-state index contributed by atoms with van der Waals surface area (Å²) in [5.41, 5.74) is 0.716. The largest absolute Gasteiger partial charge is 0.444 e. The van der Waals surface area contributed by atoms with Crippen molar-refractivity contribution >= 4 is 22.6 Å². The van der Waals surface area contributed by atoms with Crippen LogP contribution >= 0.6 is 0 Å². The number of anilines is 1. The molecule has 1 aromatic carbocycles. The van der Waals surface area contributed by atoms with Crippen LogP contribution in [-0.4, -0.2) is 41.2 Å². The quantitative estimate of drug-likeness (QED) is 0.904. The first-order valence-corrected chi connectivity index (χ1v) is 8.97. The molecular weight excluding hydrogens is 314 g/mol. The van der Waals surface area contributed by atoms with E-state index in [1.54, 1.807) is 0 Å². The van der Waals surface area contributed by atoms with Gasteiger partial charge in [-0.1, -0.05) is 12.1 Å². The lowest BCUT2D eigenvalue weighted by Gasteiger charge is -2.33. The summed E-state index contributed by atoms with van der Waals surface area (Å²) in [4.78, 5) is 18.1. The van der Waals surface area contributed by atoms with Crippen molar-refractivity contribution in [3.05, 3.63) is 36.7 Å². The third-order valence-corrected chi connectivity index (χ3v) is 4.53. The first-order chi connectivity index (χ1) is 11.9. The highest BCUT2D eigenvalue weighted by Gasteiger charge is 2.26. The number of carbonyl (C=O) groups excluding carboxylic acids is 1. The summed E-state index contributed by atoms with van der Waals surface area (Å²) < 4.78 is 5.46. The van der Waals surface area contributed by atoms with Crippen molar-refractivity contribution in [1.29, 1.82) is 0 Å². The van der Waals surface area contributed by atoms with Gasteiger partial charge in [-0.2, -0.15) is 0 Å². The van der Waals surface area contributed by atoms with Crippen molar-refractivity contribution in [3.63, 3.8) is 0 Å². The van der Waals surface area contributed by atoms with Crippen LogP contribution in [0.1, 0.15) is 33.6 Å². The molecule has 0 radical (unpaired) electrons. The van der Waals surface area contributed by atoms with Crippen LogP contribution < -0.4 is 5.32 Å². The van der Waals surface area contributed by atoms with E-state index in [2.05, 4.69) is 28.5 Å². The van der Waals surface area contributed by atoms with E-state index in [1.165, 1.54) is 5.39 Å². The summed E-state index contributed by atoms with van der Waals surface area (Å²) >= 11 is 0. The minimum absolute atomic E-state index is 0.194. The first kappa shape index (κ1) is 17.5. The number of nitrogens with one attached hydrogen (secondary N) is 1. The molecule has 0 aliphatic carbocycles. The number of aromatic nitrogens is 1. The maximum atomic E-state index is 12.1. The lowest BCUT2D eigenvalue weighted by molar-refractivity contribution is 0.0188. The number of piperidine rings is 1. The summed E-state index contributed by atoms with van der Waals surface area (Å²) in [7, 11) is 0. The zero-order valence-corrected chi connectivity index (χ0v) is 15.3. The van der Waals surface area contributed by atoms with Gasteiger partial charge in [-0.3, -0.25) is 4.98 Å². The van der Waals surface area contributed by atoms with Crippen molar-refractivity contribution in [3.8, 4) is 0 Å². The van der Waals surface area contributed by atoms with Gasteiger partial charge in [0.05, 0.1) is 0 Å². The maximum Gasteiger partial charge on any atom is 0.410 e. The van der Waals surface area contributed by atoms with E-state index in [0.29, 0.717) is 5.92 Å². The van der Waals surface area contributed by atoms with Gasteiger partial charge in [0.15, 0.2) is 0 Å². The summed E-state index contributed by atoms with van der Waals surface area (Å²) in [6.45, 7) is 8.16. The predicted molar refractivity (Wildman–Crippen MR) is 101 cm³/mol.